The van der Waals surface area contributed by atoms with Gasteiger partial charge >= 0.3 is 6.18 Å². The number of Topliss-reactive ketones (excluding diaryl/α,β-unsaturated/α-hetero) is 1. The van der Waals surface area contributed by atoms with Gasteiger partial charge in [0.15, 0.2) is 5.69 Å². The maximum atomic E-state index is 13.9. The zero-order chi connectivity index (χ0) is 29.7. The Kier molecular flexibility index (Phi) is 8.46. The lowest BCUT2D eigenvalue weighted by atomic mass is 10.1. The van der Waals surface area contributed by atoms with E-state index in [1.165, 1.54) is 18.3 Å². The van der Waals surface area contributed by atoms with Crippen molar-refractivity contribution >= 4 is 29.7 Å². The molecule has 0 bridgehead atoms. The van der Waals surface area contributed by atoms with E-state index in [2.05, 4.69) is 9.97 Å². The third kappa shape index (κ3) is 6.91. The number of amides is 1. The highest BCUT2D eigenvalue weighted by Gasteiger charge is 2.40. The van der Waals surface area contributed by atoms with E-state index >= 15 is 0 Å². The molecule has 5 rings (SSSR count). The molecule has 0 radical (unpaired) electrons. The van der Waals surface area contributed by atoms with Gasteiger partial charge in [0.25, 0.3) is 0 Å². The third-order valence-electron chi connectivity index (χ3n) is 6.81. The molecule has 1 saturated heterocycles. The first kappa shape index (κ1) is 28.7. The summed E-state index contributed by atoms with van der Waals surface area (Å²) in [7, 11) is 0. The molecule has 0 saturated carbocycles. The van der Waals surface area contributed by atoms with Crippen LogP contribution in [-0.2, 0) is 23.8 Å². The molecule has 0 atom stereocenters. The van der Waals surface area contributed by atoms with Crippen LogP contribution in [0.15, 0.2) is 77.3 Å². The molecular formula is C31H26F4N4O3. The smallest absolute Gasteiger partial charge is 0.433 e. The van der Waals surface area contributed by atoms with Crippen LogP contribution in [0, 0.1) is 5.82 Å². The standard InChI is InChI=1S/C31H26F4N4O3/c32-24-9-5-4-8-23(24)19-28(41)39-16-14-38(15-17-39)26-12-10-22(20-36-26)18-25(40)29-30(31(33,34)35)37-27(42-29)13-11-21-6-2-1-3-7-21/h1-13,20H,14-19H2/b13-11+. The van der Waals surface area contributed by atoms with E-state index in [4.69, 9.17) is 4.42 Å². The Labute approximate surface area is 239 Å². The number of pyridine rings is 1. The summed E-state index contributed by atoms with van der Waals surface area (Å²) in [5.74, 6) is -2.01. The Hall–Kier alpha value is -4.80. The number of halogens is 4. The topological polar surface area (TPSA) is 79.5 Å². The van der Waals surface area contributed by atoms with E-state index in [0.717, 1.165) is 5.56 Å². The zero-order valence-corrected chi connectivity index (χ0v) is 22.4. The molecule has 3 heterocycles. The highest BCUT2D eigenvalue weighted by atomic mass is 19.4. The van der Waals surface area contributed by atoms with Crippen molar-refractivity contribution in [2.45, 2.75) is 19.0 Å². The summed E-state index contributed by atoms with van der Waals surface area (Å²) in [5, 5.41) is 0. The number of carbonyl (C=O) groups is 2. The van der Waals surface area contributed by atoms with E-state index < -0.39 is 29.2 Å². The number of benzene rings is 2. The first-order chi connectivity index (χ1) is 20.2. The molecule has 2 aromatic carbocycles. The number of alkyl halides is 3. The first-order valence-corrected chi connectivity index (χ1v) is 13.2. The lowest BCUT2D eigenvalue weighted by molar-refractivity contribution is -0.141. The second-order valence-electron chi connectivity index (χ2n) is 9.73. The van der Waals surface area contributed by atoms with Gasteiger partial charge in [-0.25, -0.2) is 14.4 Å². The predicted molar refractivity (Wildman–Crippen MR) is 148 cm³/mol. The van der Waals surface area contributed by atoms with Gasteiger partial charge in [0.1, 0.15) is 11.6 Å². The summed E-state index contributed by atoms with van der Waals surface area (Å²) in [5.41, 5.74) is 0.128. The number of ketones is 1. The molecule has 1 aliphatic heterocycles. The van der Waals surface area contributed by atoms with Gasteiger partial charge in [-0.1, -0.05) is 54.6 Å². The molecule has 1 fully saturated rings. The third-order valence-corrected chi connectivity index (χ3v) is 6.81. The van der Waals surface area contributed by atoms with Crippen molar-refractivity contribution < 1.29 is 31.6 Å². The van der Waals surface area contributed by atoms with Gasteiger partial charge in [-0.2, -0.15) is 13.2 Å². The molecule has 11 heteroatoms. The van der Waals surface area contributed by atoms with Crippen LogP contribution in [0.4, 0.5) is 23.4 Å². The minimum Gasteiger partial charge on any atom is -0.433 e. The Bertz CT molecular complexity index is 1580. The fourth-order valence-electron chi connectivity index (χ4n) is 4.60. The van der Waals surface area contributed by atoms with Crippen molar-refractivity contribution in [2.24, 2.45) is 0 Å². The van der Waals surface area contributed by atoms with Gasteiger partial charge in [-0.3, -0.25) is 9.59 Å². The Morgan fingerprint density at radius 3 is 2.26 bits per heavy atom. The summed E-state index contributed by atoms with van der Waals surface area (Å²) >= 11 is 0. The largest absolute Gasteiger partial charge is 0.437 e. The molecule has 0 N–H and O–H groups in total. The van der Waals surface area contributed by atoms with Gasteiger partial charge in [0.2, 0.25) is 23.3 Å². The lowest BCUT2D eigenvalue weighted by Gasteiger charge is -2.35. The van der Waals surface area contributed by atoms with Gasteiger partial charge in [0, 0.05) is 44.9 Å². The SMILES string of the molecule is O=C(Cc1ccc(N2CCN(C(=O)Cc3ccccc3F)CC2)nc1)c1oc(/C=C/c2ccccc2)nc1C(F)(F)F. The van der Waals surface area contributed by atoms with Gasteiger partial charge in [-0.05, 0) is 34.9 Å². The molecule has 1 amide bonds. The highest BCUT2D eigenvalue weighted by Crippen LogP contribution is 2.33. The van der Waals surface area contributed by atoms with Crippen molar-refractivity contribution in [3.05, 3.63) is 113 Å². The van der Waals surface area contributed by atoms with Crippen LogP contribution < -0.4 is 4.90 Å². The fourth-order valence-corrected chi connectivity index (χ4v) is 4.60. The minimum atomic E-state index is -4.87. The summed E-state index contributed by atoms with van der Waals surface area (Å²) in [6.07, 6.45) is -0.977. The van der Waals surface area contributed by atoms with Crippen LogP contribution in [-0.4, -0.2) is 52.7 Å². The number of aromatic nitrogens is 2. The van der Waals surface area contributed by atoms with Crippen LogP contribution in [0.2, 0.25) is 0 Å². The Morgan fingerprint density at radius 2 is 1.60 bits per heavy atom. The van der Waals surface area contributed by atoms with Gasteiger partial charge in [-0.15, -0.1) is 0 Å². The summed E-state index contributed by atoms with van der Waals surface area (Å²) in [6, 6.07) is 18.4. The zero-order valence-electron chi connectivity index (χ0n) is 22.4. The predicted octanol–water partition coefficient (Wildman–Crippen LogP) is 5.71. The van der Waals surface area contributed by atoms with Crippen molar-refractivity contribution in [2.75, 3.05) is 31.1 Å². The molecule has 0 spiro atoms. The number of hydrogen-bond acceptors (Lipinski definition) is 6. The second kappa shape index (κ2) is 12.4. The van der Waals surface area contributed by atoms with Crippen molar-refractivity contribution in [3.63, 3.8) is 0 Å². The number of nitrogens with zero attached hydrogens (tertiary/aromatic N) is 4. The second-order valence-corrected chi connectivity index (χ2v) is 9.73. The van der Waals surface area contributed by atoms with E-state index in [9.17, 15) is 27.2 Å². The number of carbonyl (C=O) groups excluding carboxylic acids is 2. The quantitative estimate of drug-likeness (QED) is 0.197. The van der Waals surface area contributed by atoms with E-state index in [-0.39, 0.29) is 24.6 Å². The van der Waals surface area contributed by atoms with Gasteiger partial charge < -0.3 is 14.2 Å². The molecule has 0 unspecified atom stereocenters. The molecule has 2 aromatic heterocycles. The van der Waals surface area contributed by atoms with Crippen LogP contribution >= 0.6 is 0 Å². The average molecular weight is 579 g/mol. The fraction of sp³-hybridized carbons (Fsp3) is 0.226. The monoisotopic (exact) mass is 578 g/mol. The van der Waals surface area contributed by atoms with E-state index in [1.807, 2.05) is 11.0 Å². The number of hydrogen-bond donors (Lipinski definition) is 0. The molecule has 216 valence electrons. The summed E-state index contributed by atoms with van der Waals surface area (Å²) in [6.45, 7) is 1.87. The number of anilines is 1. The van der Waals surface area contributed by atoms with E-state index in [1.54, 1.807) is 65.6 Å². The molecule has 0 aliphatic carbocycles. The maximum absolute atomic E-state index is 13.9. The van der Waals surface area contributed by atoms with E-state index in [0.29, 0.717) is 43.1 Å². The highest BCUT2D eigenvalue weighted by molar-refractivity contribution is 5.96. The van der Waals surface area contributed by atoms with Crippen molar-refractivity contribution in [1.29, 1.82) is 0 Å². The lowest BCUT2D eigenvalue weighted by Crippen LogP contribution is -2.49. The van der Waals surface area contributed by atoms with Crippen LogP contribution in [0.5, 0.6) is 0 Å². The maximum Gasteiger partial charge on any atom is 0.437 e. The number of oxazole rings is 1. The summed E-state index contributed by atoms with van der Waals surface area (Å²) in [4.78, 5) is 37.0. The number of rotatable bonds is 8. The molecule has 7 nitrogen and oxygen atoms in total. The molecular weight excluding hydrogens is 552 g/mol. The normalized spacial score (nSPS) is 14.0. The summed E-state index contributed by atoms with van der Waals surface area (Å²) < 4.78 is 60.0. The number of piperazine rings is 1. The molecule has 42 heavy (non-hydrogen) atoms. The molecule has 4 aromatic rings. The molecule has 1 aliphatic rings. The van der Waals surface area contributed by atoms with Crippen molar-refractivity contribution in [1.82, 2.24) is 14.9 Å². The Morgan fingerprint density at radius 1 is 0.881 bits per heavy atom. The van der Waals surface area contributed by atoms with Crippen LogP contribution in [0.3, 0.4) is 0 Å². The van der Waals surface area contributed by atoms with Crippen LogP contribution in [0.1, 0.15) is 38.8 Å². The van der Waals surface area contributed by atoms with Gasteiger partial charge in [0.05, 0.1) is 6.42 Å². The first-order valence-electron chi connectivity index (χ1n) is 13.2. The Balaban J connectivity index is 1.20. The minimum absolute atomic E-state index is 0.0142. The van der Waals surface area contributed by atoms with Crippen LogP contribution in [0.25, 0.3) is 12.2 Å². The average Bonchev–Trinajstić information content (AvgIpc) is 3.44. The van der Waals surface area contributed by atoms with Crippen molar-refractivity contribution in [3.8, 4) is 0 Å².